The summed E-state index contributed by atoms with van der Waals surface area (Å²) in [6.07, 6.45) is 0.634. The number of hydrogen-bond acceptors (Lipinski definition) is 6. The second kappa shape index (κ2) is 12.4. The Kier molecular flexibility index (Phi) is 9.16. The maximum Gasteiger partial charge on any atom is 0.422 e. The van der Waals surface area contributed by atoms with Gasteiger partial charge < -0.3 is 19.5 Å². The molecule has 4 rings (SSSR count). The van der Waals surface area contributed by atoms with Crippen molar-refractivity contribution in [1.29, 1.82) is 0 Å². The molecule has 0 saturated carbocycles. The van der Waals surface area contributed by atoms with Gasteiger partial charge in [0.2, 0.25) is 10.0 Å². The Morgan fingerprint density at radius 2 is 1.71 bits per heavy atom. The lowest BCUT2D eigenvalue weighted by atomic mass is 10.2. The van der Waals surface area contributed by atoms with E-state index in [1.54, 1.807) is 12.1 Å². The Hall–Kier alpha value is -2.83. The van der Waals surface area contributed by atoms with Gasteiger partial charge in [0.15, 0.2) is 6.61 Å². The minimum Gasteiger partial charge on any atom is -0.491 e. The van der Waals surface area contributed by atoms with Crippen LogP contribution in [0.1, 0.15) is 48.9 Å². The zero-order valence-corrected chi connectivity index (χ0v) is 21.7. The van der Waals surface area contributed by atoms with Crippen LogP contribution in [-0.2, 0) is 14.8 Å². The van der Waals surface area contributed by atoms with Gasteiger partial charge in [-0.1, -0.05) is 12.8 Å². The first kappa shape index (κ1) is 28.2. The van der Waals surface area contributed by atoms with Crippen molar-refractivity contribution >= 4 is 21.6 Å². The highest BCUT2D eigenvalue weighted by molar-refractivity contribution is 7.89. The van der Waals surface area contributed by atoms with Crippen LogP contribution in [0.15, 0.2) is 47.4 Å². The smallest absolute Gasteiger partial charge is 0.422 e. The molecule has 0 unspecified atom stereocenters. The summed E-state index contributed by atoms with van der Waals surface area (Å²) in [5.41, 5.74) is 0.0332. The number of anilines is 1. The van der Waals surface area contributed by atoms with Crippen molar-refractivity contribution < 1.29 is 40.6 Å². The number of sulfonamides is 1. The van der Waals surface area contributed by atoms with Crippen LogP contribution in [0, 0.1) is 0 Å². The number of amides is 1. The Morgan fingerprint density at radius 1 is 1.00 bits per heavy atom. The molecule has 0 radical (unpaired) electrons. The fourth-order valence-corrected chi connectivity index (χ4v) is 5.89. The van der Waals surface area contributed by atoms with Gasteiger partial charge in [-0.2, -0.15) is 17.5 Å². The van der Waals surface area contributed by atoms with Crippen LogP contribution in [0.25, 0.3) is 0 Å². The second-order valence-corrected chi connectivity index (χ2v) is 11.2. The van der Waals surface area contributed by atoms with Crippen LogP contribution in [0.4, 0.5) is 18.9 Å². The molecule has 0 aliphatic carbocycles. The summed E-state index contributed by atoms with van der Waals surface area (Å²) in [4.78, 5) is 12.8. The third-order valence-corrected chi connectivity index (χ3v) is 8.26. The van der Waals surface area contributed by atoms with Crippen LogP contribution in [0.2, 0.25) is 0 Å². The largest absolute Gasteiger partial charge is 0.491 e. The number of alkyl halides is 3. The molecule has 1 N–H and O–H groups in total. The average molecular weight is 557 g/mol. The van der Waals surface area contributed by atoms with E-state index in [9.17, 15) is 26.4 Å². The van der Waals surface area contributed by atoms with Crippen molar-refractivity contribution in [3.63, 3.8) is 0 Å². The summed E-state index contributed by atoms with van der Waals surface area (Å²) in [5, 5.41) is 2.51. The van der Waals surface area contributed by atoms with Gasteiger partial charge in [-0.25, -0.2) is 8.42 Å². The fourth-order valence-electron chi connectivity index (χ4n) is 4.35. The van der Waals surface area contributed by atoms with Crippen LogP contribution >= 0.6 is 0 Å². The highest BCUT2D eigenvalue weighted by atomic mass is 32.2. The van der Waals surface area contributed by atoms with E-state index in [1.807, 2.05) is 0 Å². The first-order valence-electron chi connectivity index (χ1n) is 12.6. The van der Waals surface area contributed by atoms with Gasteiger partial charge in [0, 0.05) is 25.3 Å². The van der Waals surface area contributed by atoms with Gasteiger partial charge in [-0.05, 0) is 68.1 Å². The van der Waals surface area contributed by atoms with Crippen molar-refractivity contribution in [2.45, 2.75) is 55.7 Å². The fraction of sp³-hybridized carbons (Fsp3) is 0.500. The van der Waals surface area contributed by atoms with Crippen LogP contribution < -0.4 is 14.8 Å². The molecule has 0 bridgehead atoms. The van der Waals surface area contributed by atoms with Gasteiger partial charge in [0.1, 0.15) is 18.1 Å². The molecule has 2 aromatic rings. The molecular weight excluding hydrogens is 525 g/mol. The SMILES string of the molecule is O=C(Nc1cc(S(=O)(=O)N2CCCCCC2)ccc1OCC(F)(F)F)c1ccc(OC[C@H]2CCCO2)cc1. The summed E-state index contributed by atoms with van der Waals surface area (Å²) in [7, 11) is -3.91. The molecule has 2 aromatic carbocycles. The Bertz CT molecular complexity index is 1190. The van der Waals surface area contributed by atoms with E-state index < -0.39 is 28.7 Å². The van der Waals surface area contributed by atoms with Gasteiger partial charge in [-0.3, -0.25) is 4.79 Å². The minimum atomic E-state index is -4.61. The number of benzene rings is 2. The monoisotopic (exact) mass is 556 g/mol. The molecular formula is C26H31F3N2O6S. The normalized spacial score (nSPS) is 19.1. The van der Waals surface area contributed by atoms with Gasteiger partial charge in [0.25, 0.3) is 5.91 Å². The molecule has 1 amide bonds. The molecule has 2 saturated heterocycles. The topological polar surface area (TPSA) is 94.2 Å². The lowest BCUT2D eigenvalue weighted by molar-refractivity contribution is -0.153. The number of halogens is 3. The summed E-state index contributed by atoms with van der Waals surface area (Å²) in [5.74, 6) is -0.393. The van der Waals surface area contributed by atoms with E-state index in [0.717, 1.165) is 50.7 Å². The molecule has 2 heterocycles. The summed E-state index contributed by atoms with van der Waals surface area (Å²) in [6.45, 7) is 0.228. The average Bonchev–Trinajstić information content (AvgIpc) is 3.25. The maximum atomic E-state index is 13.2. The van der Waals surface area contributed by atoms with Crippen molar-refractivity contribution in [2.24, 2.45) is 0 Å². The molecule has 12 heteroatoms. The zero-order chi connectivity index (χ0) is 27.2. The van der Waals surface area contributed by atoms with E-state index in [2.05, 4.69) is 5.32 Å². The molecule has 0 aromatic heterocycles. The molecule has 2 aliphatic rings. The standard InChI is InChI=1S/C26H31F3N2O6S/c27-26(28,29)18-37-24-12-11-22(38(33,34)31-13-3-1-2-4-14-31)16-23(24)30-25(32)19-7-9-20(10-8-19)36-17-21-6-5-15-35-21/h7-12,16,21H,1-6,13-15,17-18H2,(H,30,32)/t21-/m1/s1. The minimum absolute atomic E-state index is 0.0333. The summed E-state index contributed by atoms with van der Waals surface area (Å²) in [6, 6.07) is 9.69. The molecule has 208 valence electrons. The maximum absolute atomic E-state index is 13.2. The highest BCUT2D eigenvalue weighted by Crippen LogP contribution is 2.32. The first-order valence-corrected chi connectivity index (χ1v) is 14.1. The number of nitrogens with one attached hydrogen (secondary N) is 1. The van der Waals surface area contributed by atoms with Crippen LogP contribution in [0.3, 0.4) is 0 Å². The third kappa shape index (κ3) is 7.61. The Balaban J connectivity index is 1.52. The van der Waals surface area contributed by atoms with E-state index >= 15 is 0 Å². The highest BCUT2D eigenvalue weighted by Gasteiger charge is 2.30. The van der Waals surface area contributed by atoms with E-state index in [1.165, 1.54) is 22.5 Å². The molecule has 8 nitrogen and oxygen atoms in total. The van der Waals surface area contributed by atoms with Crippen molar-refractivity contribution in [2.75, 3.05) is 38.2 Å². The molecule has 0 spiro atoms. The zero-order valence-electron chi connectivity index (χ0n) is 20.8. The molecule has 1 atom stereocenters. The van der Waals surface area contributed by atoms with E-state index in [0.29, 0.717) is 32.1 Å². The number of rotatable bonds is 9. The second-order valence-electron chi connectivity index (χ2n) is 9.30. The molecule has 2 aliphatic heterocycles. The van der Waals surface area contributed by atoms with E-state index in [-0.39, 0.29) is 28.0 Å². The quantitative estimate of drug-likeness (QED) is 0.467. The van der Waals surface area contributed by atoms with E-state index in [4.69, 9.17) is 14.2 Å². The summed E-state index contributed by atoms with van der Waals surface area (Å²) < 4.78 is 82.4. The number of nitrogens with zero attached hydrogens (tertiary/aromatic N) is 1. The van der Waals surface area contributed by atoms with Crippen molar-refractivity contribution in [3.05, 3.63) is 48.0 Å². The van der Waals surface area contributed by atoms with Gasteiger partial charge in [0.05, 0.1) is 16.7 Å². The van der Waals surface area contributed by atoms with Gasteiger partial charge in [-0.15, -0.1) is 0 Å². The Labute approximate surface area is 220 Å². The molecule has 2 fully saturated rings. The van der Waals surface area contributed by atoms with Crippen LogP contribution in [-0.4, -0.2) is 63.8 Å². The van der Waals surface area contributed by atoms with Crippen molar-refractivity contribution in [1.82, 2.24) is 4.31 Å². The lowest BCUT2D eigenvalue weighted by Gasteiger charge is -2.21. The number of ether oxygens (including phenoxy) is 3. The Morgan fingerprint density at radius 3 is 2.34 bits per heavy atom. The predicted octanol–water partition coefficient (Wildman–Crippen LogP) is 5.00. The number of hydrogen-bond donors (Lipinski definition) is 1. The first-order chi connectivity index (χ1) is 18.1. The molecule has 38 heavy (non-hydrogen) atoms. The number of carbonyl (C=O) groups excluding carboxylic acids is 1. The number of carbonyl (C=O) groups is 1. The summed E-state index contributed by atoms with van der Waals surface area (Å²) >= 11 is 0. The predicted molar refractivity (Wildman–Crippen MR) is 134 cm³/mol. The third-order valence-electron chi connectivity index (χ3n) is 6.37. The van der Waals surface area contributed by atoms with Gasteiger partial charge >= 0.3 is 6.18 Å². The van der Waals surface area contributed by atoms with Crippen LogP contribution in [0.5, 0.6) is 11.5 Å². The van der Waals surface area contributed by atoms with Crippen molar-refractivity contribution in [3.8, 4) is 11.5 Å². The lowest BCUT2D eigenvalue weighted by Crippen LogP contribution is -2.32.